The van der Waals surface area contributed by atoms with Gasteiger partial charge in [-0.25, -0.2) is 9.78 Å². The van der Waals surface area contributed by atoms with Gasteiger partial charge < -0.3 is 14.4 Å². The first kappa shape index (κ1) is 21.5. The van der Waals surface area contributed by atoms with Crippen LogP contribution in [0.2, 0.25) is 0 Å². The number of esters is 1. The Morgan fingerprint density at radius 1 is 1.30 bits per heavy atom. The fourth-order valence-electron chi connectivity index (χ4n) is 3.85. The molecule has 1 fully saturated rings. The van der Waals surface area contributed by atoms with Crippen molar-refractivity contribution in [1.82, 2.24) is 9.38 Å². The molecule has 3 heterocycles. The average molecular weight is 413 g/mol. The Bertz CT molecular complexity index is 1020. The summed E-state index contributed by atoms with van der Waals surface area (Å²) in [6.07, 6.45) is 4.73. The zero-order valence-corrected chi connectivity index (χ0v) is 17.9. The van der Waals surface area contributed by atoms with Gasteiger partial charge in [0.25, 0.3) is 5.78 Å². The summed E-state index contributed by atoms with van der Waals surface area (Å²) in [7, 11) is 1.19. The number of pyridine rings is 1. The molecule has 1 aliphatic rings. The molecule has 0 bridgehead atoms. The van der Waals surface area contributed by atoms with Gasteiger partial charge in [-0.1, -0.05) is 13.5 Å². The Hall–Kier alpha value is -3.16. The fourth-order valence-corrected chi connectivity index (χ4v) is 3.85. The van der Waals surface area contributed by atoms with E-state index in [0.717, 1.165) is 12.8 Å². The standard InChI is InChI=1S/C22H27N3O5/c1-6-30-13-22(4)7-9-24(10-8-22)20-18(19(27)21(28)29-5)14(2)11-17-23-16(15(3)26)12-25(17)20/h6,11-12H,1,7-10,13H2,2-5H3. The summed E-state index contributed by atoms with van der Waals surface area (Å²) in [6.45, 7) is 10.8. The summed E-state index contributed by atoms with van der Waals surface area (Å²) in [5, 5.41) is 0. The molecule has 8 heteroatoms. The number of aromatic nitrogens is 2. The number of imidazole rings is 1. The first-order valence-corrected chi connectivity index (χ1v) is 9.84. The molecule has 0 spiro atoms. The van der Waals surface area contributed by atoms with Gasteiger partial charge >= 0.3 is 5.97 Å². The van der Waals surface area contributed by atoms with Crippen LogP contribution in [0.1, 0.15) is 53.1 Å². The lowest BCUT2D eigenvalue weighted by molar-refractivity contribution is -0.135. The van der Waals surface area contributed by atoms with Crippen molar-refractivity contribution in [3.05, 3.63) is 41.9 Å². The molecule has 0 aromatic carbocycles. The molecule has 2 aromatic rings. The van der Waals surface area contributed by atoms with Gasteiger partial charge in [0, 0.05) is 31.6 Å². The number of fused-ring (bicyclic) bond motifs is 1. The number of anilines is 1. The third-order valence-electron chi connectivity index (χ3n) is 5.70. The number of methoxy groups -OCH3 is 1. The molecule has 2 aromatic heterocycles. The minimum atomic E-state index is -0.924. The van der Waals surface area contributed by atoms with Crippen LogP contribution in [0, 0.1) is 12.3 Å². The molecular formula is C22H27N3O5. The highest BCUT2D eigenvalue weighted by Gasteiger charge is 2.35. The molecule has 0 unspecified atom stereocenters. The van der Waals surface area contributed by atoms with Gasteiger partial charge in [-0.15, -0.1) is 0 Å². The van der Waals surface area contributed by atoms with Crippen LogP contribution in [0.4, 0.5) is 5.82 Å². The van der Waals surface area contributed by atoms with Gasteiger partial charge in [-0.2, -0.15) is 0 Å². The van der Waals surface area contributed by atoms with E-state index in [9.17, 15) is 14.4 Å². The topological polar surface area (TPSA) is 90.2 Å². The largest absolute Gasteiger partial charge is 0.501 e. The van der Waals surface area contributed by atoms with Gasteiger partial charge in [0.05, 0.1) is 25.5 Å². The number of hydrogen-bond acceptors (Lipinski definition) is 7. The maximum absolute atomic E-state index is 12.9. The van der Waals surface area contributed by atoms with E-state index in [-0.39, 0.29) is 16.8 Å². The summed E-state index contributed by atoms with van der Waals surface area (Å²) >= 11 is 0. The fraction of sp³-hybridized carbons (Fsp3) is 0.455. The molecule has 0 aliphatic carbocycles. The van der Waals surface area contributed by atoms with Crippen molar-refractivity contribution >= 4 is 29.0 Å². The summed E-state index contributed by atoms with van der Waals surface area (Å²) in [5.41, 5.74) is 1.72. The molecule has 3 rings (SSSR count). The van der Waals surface area contributed by atoms with Crippen molar-refractivity contribution in [3.63, 3.8) is 0 Å². The van der Waals surface area contributed by atoms with Crippen LogP contribution in [-0.2, 0) is 14.3 Å². The van der Waals surface area contributed by atoms with Crippen LogP contribution in [0.15, 0.2) is 25.1 Å². The van der Waals surface area contributed by atoms with E-state index < -0.39 is 11.8 Å². The van der Waals surface area contributed by atoms with E-state index in [1.54, 1.807) is 23.6 Å². The Morgan fingerprint density at radius 2 is 1.97 bits per heavy atom. The Kier molecular flexibility index (Phi) is 5.96. The summed E-state index contributed by atoms with van der Waals surface area (Å²) in [4.78, 5) is 43.3. The number of nitrogens with zero attached hydrogens (tertiary/aromatic N) is 3. The van der Waals surface area contributed by atoms with Crippen molar-refractivity contribution in [2.24, 2.45) is 5.41 Å². The second-order valence-corrected chi connectivity index (χ2v) is 8.03. The third kappa shape index (κ3) is 3.94. The van der Waals surface area contributed by atoms with Gasteiger partial charge in [-0.3, -0.25) is 14.0 Å². The van der Waals surface area contributed by atoms with Crippen LogP contribution in [0.3, 0.4) is 0 Å². The number of Topliss-reactive ketones (excluding diaryl/α,β-unsaturated/α-hetero) is 2. The molecule has 1 aliphatic heterocycles. The summed E-state index contributed by atoms with van der Waals surface area (Å²) < 4.78 is 11.8. The molecule has 0 saturated carbocycles. The average Bonchev–Trinajstić information content (AvgIpc) is 3.15. The third-order valence-corrected chi connectivity index (χ3v) is 5.70. The highest BCUT2D eigenvalue weighted by Crippen LogP contribution is 2.36. The molecule has 30 heavy (non-hydrogen) atoms. The second kappa shape index (κ2) is 8.30. The number of piperidine rings is 1. The Balaban J connectivity index is 2.10. The number of hydrogen-bond donors (Lipinski definition) is 0. The van der Waals surface area contributed by atoms with E-state index in [1.165, 1.54) is 20.3 Å². The normalized spacial score (nSPS) is 15.7. The molecule has 0 N–H and O–H groups in total. The monoisotopic (exact) mass is 413 g/mol. The lowest BCUT2D eigenvalue weighted by atomic mass is 9.81. The lowest BCUT2D eigenvalue weighted by Crippen LogP contribution is -2.42. The van der Waals surface area contributed by atoms with E-state index >= 15 is 0 Å². The van der Waals surface area contributed by atoms with Crippen molar-refractivity contribution < 1.29 is 23.9 Å². The molecule has 160 valence electrons. The molecule has 8 nitrogen and oxygen atoms in total. The smallest absolute Gasteiger partial charge is 0.379 e. The van der Waals surface area contributed by atoms with Crippen LogP contribution in [-0.4, -0.2) is 53.7 Å². The molecular weight excluding hydrogens is 386 g/mol. The number of carbonyl (C=O) groups is 3. The van der Waals surface area contributed by atoms with E-state index in [4.69, 9.17) is 4.74 Å². The number of ketones is 2. The predicted octanol–water partition coefficient (Wildman–Crippen LogP) is 2.97. The van der Waals surface area contributed by atoms with Gasteiger partial charge in [-0.05, 0) is 31.4 Å². The summed E-state index contributed by atoms with van der Waals surface area (Å²) in [5.74, 6) is -1.25. The molecule has 0 amide bonds. The van der Waals surface area contributed by atoms with Crippen molar-refractivity contribution in [3.8, 4) is 0 Å². The predicted molar refractivity (Wildman–Crippen MR) is 112 cm³/mol. The van der Waals surface area contributed by atoms with Crippen molar-refractivity contribution in [2.75, 3.05) is 31.7 Å². The number of rotatable bonds is 7. The number of aryl methyl sites for hydroxylation is 1. The Labute approximate surface area is 175 Å². The van der Waals surface area contributed by atoms with Crippen LogP contribution >= 0.6 is 0 Å². The maximum Gasteiger partial charge on any atom is 0.379 e. The Morgan fingerprint density at radius 3 is 2.53 bits per heavy atom. The van der Waals surface area contributed by atoms with E-state index in [1.807, 2.05) is 0 Å². The zero-order valence-electron chi connectivity index (χ0n) is 17.9. The van der Waals surface area contributed by atoms with Crippen LogP contribution in [0.5, 0.6) is 0 Å². The van der Waals surface area contributed by atoms with Crippen molar-refractivity contribution in [1.29, 1.82) is 0 Å². The minimum Gasteiger partial charge on any atom is -0.501 e. The van der Waals surface area contributed by atoms with Gasteiger partial charge in [0.15, 0.2) is 5.78 Å². The quantitative estimate of drug-likeness (QED) is 0.298. The highest BCUT2D eigenvalue weighted by molar-refractivity contribution is 6.42. The number of ether oxygens (including phenoxy) is 2. The maximum atomic E-state index is 12.9. The first-order valence-electron chi connectivity index (χ1n) is 9.84. The molecule has 0 radical (unpaired) electrons. The second-order valence-electron chi connectivity index (χ2n) is 8.03. The van der Waals surface area contributed by atoms with E-state index in [2.05, 4.69) is 28.1 Å². The van der Waals surface area contributed by atoms with Crippen molar-refractivity contribution in [2.45, 2.75) is 33.6 Å². The minimum absolute atomic E-state index is 0.0143. The van der Waals surface area contributed by atoms with Crippen LogP contribution < -0.4 is 4.90 Å². The SMILES string of the molecule is C=COCC1(C)CCN(c2c(C(=O)C(=O)OC)c(C)cc3nc(C(C)=O)cn23)CC1. The first-order chi connectivity index (χ1) is 14.2. The van der Waals surface area contributed by atoms with E-state index in [0.29, 0.717) is 42.4 Å². The van der Waals surface area contributed by atoms with Gasteiger partial charge in [0.2, 0.25) is 0 Å². The number of carbonyl (C=O) groups excluding carboxylic acids is 3. The zero-order chi connectivity index (χ0) is 22.1. The summed E-state index contributed by atoms with van der Waals surface area (Å²) in [6, 6.07) is 1.71. The molecule has 1 saturated heterocycles. The van der Waals surface area contributed by atoms with Crippen LogP contribution in [0.25, 0.3) is 5.65 Å². The van der Waals surface area contributed by atoms with Gasteiger partial charge in [0.1, 0.15) is 17.2 Å². The highest BCUT2D eigenvalue weighted by atomic mass is 16.5. The lowest BCUT2D eigenvalue weighted by Gasteiger charge is -2.40. The molecule has 0 atom stereocenters.